The van der Waals surface area contributed by atoms with Gasteiger partial charge in [-0.25, -0.2) is 0 Å². The van der Waals surface area contributed by atoms with Gasteiger partial charge in [0.05, 0.1) is 0 Å². The van der Waals surface area contributed by atoms with Gasteiger partial charge in [-0.05, 0) is 18.3 Å². The Morgan fingerprint density at radius 1 is 1.02 bits per heavy atom. The number of halogens is 2. The van der Waals surface area contributed by atoms with Gasteiger partial charge in [0.1, 0.15) is 0 Å². The molecule has 2 N–H and O–H groups in total. The molecule has 8 rings (SSSR count). The van der Waals surface area contributed by atoms with Gasteiger partial charge >= 0.3 is 269 Å². The molecule has 2 saturated heterocycles. The molecule has 48 heavy (non-hydrogen) atoms. The zero-order chi connectivity index (χ0) is 33.3. The first-order valence-corrected chi connectivity index (χ1v) is 18.6. The summed E-state index contributed by atoms with van der Waals surface area (Å²) < 4.78 is 39.7. The number of anilines is 1. The molecular weight excluding hydrogens is 623 g/mol. The van der Waals surface area contributed by atoms with Crippen molar-refractivity contribution in [3.63, 3.8) is 0 Å². The van der Waals surface area contributed by atoms with Crippen molar-refractivity contribution in [3.8, 4) is 22.9 Å². The first-order valence-electron chi connectivity index (χ1n) is 17.4. The molecule has 248 valence electrons. The van der Waals surface area contributed by atoms with E-state index in [2.05, 4.69) is 42.8 Å². The van der Waals surface area contributed by atoms with Gasteiger partial charge in [-0.1, -0.05) is 0 Å². The molecule has 4 unspecified atom stereocenters. The quantitative estimate of drug-likeness (QED) is 0.166. The molecule has 1 saturated carbocycles. The van der Waals surface area contributed by atoms with Gasteiger partial charge in [0, 0.05) is 0 Å². The molecule has 7 nitrogen and oxygen atoms in total. The number of likely N-dealkylation sites (tertiary alicyclic amines) is 1. The molecule has 0 radical (unpaired) electrons. The van der Waals surface area contributed by atoms with E-state index >= 15 is 8.78 Å². The molecule has 0 spiro atoms. The molecule has 4 aromatic rings. The number of phenols is 1. The summed E-state index contributed by atoms with van der Waals surface area (Å²) in [6, 6.07) is 8.90. The Bertz CT molecular complexity index is 1990. The Kier molecular flexibility index (Phi) is 8.27. The SMILES string of the molecule is CCC1CN(c2nc(OCC(CN3CC4CC4C3)=C(C)C)nc3c(F)c4[c](cc23)[Al]=[CH]c2c(F)ccc3cc(O)cc-4c23)CC(CC)N1. The second-order valence-corrected chi connectivity index (χ2v) is 15.7. The Morgan fingerprint density at radius 2 is 1.77 bits per heavy atom. The number of piperazine rings is 1. The van der Waals surface area contributed by atoms with Crippen molar-refractivity contribution in [1.29, 1.82) is 0 Å². The molecule has 4 atom stereocenters. The Labute approximate surface area is 286 Å². The normalized spacial score (nSPS) is 22.8. The van der Waals surface area contributed by atoms with Crippen molar-refractivity contribution in [2.45, 2.75) is 59.0 Å². The number of allylic oxidation sites excluding steroid dienone is 1. The number of hydrogen-bond donors (Lipinski definition) is 2. The number of hydrogen-bond acceptors (Lipinski definition) is 7. The molecule has 4 heterocycles. The summed E-state index contributed by atoms with van der Waals surface area (Å²) in [5.41, 5.74) is 3.89. The number of aromatic nitrogens is 2. The molecule has 3 aliphatic heterocycles. The number of fused-ring (bicyclic) bond motifs is 4. The average molecular weight is 666 g/mol. The molecule has 3 aromatic carbocycles. The minimum absolute atomic E-state index is 0.00592. The van der Waals surface area contributed by atoms with Crippen LogP contribution in [0.25, 0.3) is 32.8 Å². The Hall–Kier alpha value is -3.42. The number of benzene rings is 3. The Morgan fingerprint density at radius 3 is 2.48 bits per heavy atom. The van der Waals surface area contributed by atoms with Crippen LogP contribution in [0.4, 0.5) is 14.6 Å². The van der Waals surface area contributed by atoms with Gasteiger partial charge in [-0.2, -0.15) is 0 Å². The second-order valence-electron chi connectivity index (χ2n) is 14.4. The number of piperidine rings is 1. The van der Waals surface area contributed by atoms with Gasteiger partial charge in [-0.15, -0.1) is 0 Å². The standard InChI is InChI=1S/C38H42F2N5O2.Al/c1-6-27-18-45(19-28(7-2)41-27)37-31-10-9-30(32-14-29(46)13-23-8-11-33(39)22(5)34(23)32)35(40)36(31)42-38(43-37)47-20-26(21(3)4)17-44-15-24-12-25(24)16-44;/h5,8,10-11,13-14,24-25,27-28,41,46H,6-7,12,15-20H2,1-4H3;. The van der Waals surface area contributed by atoms with Crippen LogP contribution >= 0.6 is 0 Å². The van der Waals surface area contributed by atoms with E-state index in [4.69, 9.17) is 14.7 Å². The summed E-state index contributed by atoms with van der Waals surface area (Å²) >= 11 is -0.631. The van der Waals surface area contributed by atoms with Crippen molar-refractivity contribution in [2.75, 3.05) is 44.2 Å². The molecule has 0 bridgehead atoms. The zero-order valence-electron chi connectivity index (χ0n) is 28.1. The van der Waals surface area contributed by atoms with Gasteiger partial charge in [0.2, 0.25) is 0 Å². The second kappa shape index (κ2) is 12.5. The first-order chi connectivity index (χ1) is 23.2. The molecule has 4 aliphatic rings. The summed E-state index contributed by atoms with van der Waals surface area (Å²) in [5.74, 6) is 1.53. The van der Waals surface area contributed by atoms with E-state index in [1.165, 1.54) is 23.6 Å². The molecule has 10 heteroatoms. The van der Waals surface area contributed by atoms with E-state index in [0.29, 0.717) is 45.3 Å². The summed E-state index contributed by atoms with van der Waals surface area (Å²) in [6.07, 6.45) is 3.28. The van der Waals surface area contributed by atoms with Crippen LogP contribution in [0.15, 0.2) is 41.5 Å². The van der Waals surface area contributed by atoms with Crippen LogP contribution in [0.5, 0.6) is 11.8 Å². The van der Waals surface area contributed by atoms with Crippen molar-refractivity contribution >= 4 is 51.6 Å². The fourth-order valence-corrected chi connectivity index (χ4v) is 9.40. The van der Waals surface area contributed by atoms with E-state index in [1.807, 2.05) is 10.9 Å². The summed E-state index contributed by atoms with van der Waals surface area (Å²) in [7, 11) is 0. The number of phenolic OH excluding ortho intramolecular Hbond substituents is 1. The third-order valence-electron chi connectivity index (χ3n) is 10.9. The van der Waals surface area contributed by atoms with Crippen LogP contribution in [0.3, 0.4) is 0 Å². The van der Waals surface area contributed by atoms with Gasteiger partial charge in [-0.3, -0.25) is 0 Å². The van der Waals surface area contributed by atoms with E-state index in [-0.39, 0.29) is 35.2 Å². The minimum atomic E-state index is -0.631. The van der Waals surface area contributed by atoms with Crippen molar-refractivity contribution < 1.29 is 18.6 Å². The van der Waals surface area contributed by atoms with E-state index in [0.717, 1.165) is 61.8 Å². The van der Waals surface area contributed by atoms with Crippen LogP contribution < -0.4 is 19.4 Å². The topological polar surface area (TPSA) is 73.8 Å². The summed E-state index contributed by atoms with van der Waals surface area (Å²) in [5, 5.41) is 16.4. The number of nitrogens with one attached hydrogen (secondary N) is 1. The fraction of sp³-hybridized carbons (Fsp3) is 0.447. The fourth-order valence-electron chi connectivity index (χ4n) is 8.01. The number of aromatic hydroxyl groups is 1. The number of ether oxygens (including phenoxy) is 1. The average Bonchev–Trinajstić information content (AvgIpc) is 3.74. The van der Waals surface area contributed by atoms with Crippen LogP contribution in [0.1, 0.15) is 52.5 Å². The van der Waals surface area contributed by atoms with Crippen molar-refractivity contribution in [2.24, 2.45) is 11.8 Å². The maximum atomic E-state index is 17.3. The molecular formula is C38H42AlF2N5O2. The molecule has 0 amide bonds. The zero-order valence-corrected chi connectivity index (χ0v) is 29.3. The molecule has 3 fully saturated rings. The summed E-state index contributed by atoms with van der Waals surface area (Å²) in [6.45, 7) is 13.5. The third-order valence-corrected chi connectivity index (χ3v) is 12.2. The van der Waals surface area contributed by atoms with E-state index < -0.39 is 20.6 Å². The van der Waals surface area contributed by atoms with Crippen LogP contribution in [-0.4, -0.2) is 91.1 Å². The van der Waals surface area contributed by atoms with Gasteiger partial charge in [0.25, 0.3) is 0 Å². The maximum absolute atomic E-state index is 17.3. The summed E-state index contributed by atoms with van der Waals surface area (Å²) in [4.78, 5) is 16.5. The van der Waals surface area contributed by atoms with Crippen molar-refractivity contribution in [1.82, 2.24) is 20.2 Å². The van der Waals surface area contributed by atoms with Gasteiger partial charge < -0.3 is 0 Å². The van der Waals surface area contributed by atoms with E-state index in [1.54, 1.807) is 18.2 Å². The predicted octanol–water partition coefficient (Wildman–Crippen LogP) is 5.56. The Balaban J connectivity index is 1.26. The third kappa shape index (κ3) is 5.71. The monoisotopic (exact) mass is 665 g/mol. The van der Waals surface area contributed by atoms with Gasteiger partial charge in [0.15, 0.2) is 0 Å². The number of nitrogens with zero attached hydrogens (tertiary/aromatic N) is 4. The number of rotatable bonds is 8. The molecule has 1 aromatic heterocycles. The van der Waals surface area contributed by atoms with E-state index in [9.17, 15) is 5.11 Å². The molecule has 1 aliphatic carbocycles. The van der Waals surface area contributed by atoms with Crippen LogP contribution in [-0.2, 0) is 0 Å². The first kappa shape index (κ1) is 31.8. The van der Waals surface area contributed by atoms with Crippen LogP contribution in [0.2, 0.25) is 0 Å². The predicted molar refractivity (Wildman–Crippen MR) is 190 cm³/mol. The van der Waals surface area contributed by atoms with Crippen LogP contribution in [0, 0.1) is 23.5 Å². The van der Waals surface area contributed by atoms with Crippen molar-refractivity contribution in [3.05, 3.63) is 58.7 Å².